The Morgan fingerprint density at radius 2 is 2.13 bits per heavy atom. The number of carbonyl (C=O) groups excluding carboxylic acids is 1. The first-order chi connectivity index (χ1) is 11.0. The highest BCUT2D eigenvalue weighted by Gasteiger charge is 2.16. The minimum absolute atomic E-state index is 0.0237. The van der Waals surface area contributed by atoms with E-state index in [4.69, 9.17) is 4.52 Å². The molecule has 1 N–H and O–H groups in total. The normalized spacial score (nSPS) is 11.1. The predicted molar refractivity (Wildman–Crippen MR) is 88.1 cm³/mol. The van der Waals surface area contributed by atoms with E-state index in [0.29, 0.717) is 24.7 Å². The Morgan fingerprint density at radius 1 is 1.35 bits per heavy atom. The summed E-state index contributed by atoms with van der Waals surface area (Å²) in [6, 6.07) is 6.27. The van der Waals surface area contributed by atoms with E-state index in [0.717, 1.165) is 22.2 Å². The van der Waals surface area contributed by atoms with Gasteiger partial charge < -0.3 is 14.4 Å². The van der Waals surface area contributed by atoms with Crippen LogP contribution in [0.4, 0.5) is 0 Å². The molecule has 0 fully saturated rings. The number of rotatable bonds is 4. The Kier molecular flexibility index (Phi) is 3.90. The summed E-state index contributed by atoms with van der Waals surface area (Å²) in [5, 5.41) is 5.17. The lowest BCUT2D eigenvalue weighted by atomic mass is 10.1. The molecule has 0 saturated heterocycles. The molecule has 0 radical (unpaired) electrons. The molecule has 3 rings (SSSR count). The number of aromatic amines is 1. The van der Waals surface area contributed by atoms with Gasteiger partial charge >= 0.3 is 0 Å². The Bertz CT molecular complexity index is 863. The van der Waals surface area contributed by atoms with Crippen LogP contribution in [-0.4, -0.2) is 39.5 Å². The second-order valence-electron chi connectivity index (χ2n) is 5.88. The van der Waals surface area contributed by atoms with Gasteiger partial charge in [-0.1, -0.05) is 16.8 Å². The van der Waals surface area contributed by atoms with E-state index in [1.807, 2.05) is 6.92 Å². The molecule has 23 heavy (non-hydrogen) atoms. The molecule has 0 atom stereocenters. The predicted octanol–water partition coefficient (Wildman–Crippen LogP) is 2.86. The van der Waals surface area contributed by atoms with Crippen LogP contribution in [0.5, 0.6) is 0 Å². The molecular weight excluding hydrogens is 292 g/mol. The van der Waals surface area contributed by atoms with Crippen molar-refractivity contribution in [2.45, 2.75) is 27.2 Å². The number of likely N-dealkylation sites (N-methyl/N-ethyl adjacent to an activating group) is 1. The number of fused-ring (bicyclic) bond motifs is 1. The van der Waals surface area contributed by atoms with Crippen LogP contribution in [-0.2, 0) is 11.2 Å². The van der Waals surface area contributed by atoms with Crippen LogP contribution in [0.2, 0.25) is 0 Å². The van der Waals surface area contributed by atoms with Gasteiger partial charge in [-0.05, 0) is 31.5 Å². The van der Waals surface area contributed by atoms with E-state index in [1.54, 1.807) is 11.9 Å². The van der Waals surface area contributed by atoms with Gasteiger partial charge in [0.2, 0.25) is 5.91 Å². The van der Waals surface area contributed by atoms with Crippen LogP contribution in [0.25, 0.3) is 22.5 Å². The fourth-order valence-electron chi connectivity index (χ4n) is 2.54. The summed E-state index contributed by atoms with van der Waals surface area (Å²) < 4.78 is 5.39. The maximum atomic E-state index is 11.2. The molecule has 0 unspecified atom stereocenters. The van der Waals surface area contributed by atoms with Gasteiger partial charge in [0.1, 0.15) is 5.69 Å². The lowest BCUT2D eigenvalue weighted by molar-refractivity contribution is -0.127. The number of aromatic nitrogens is 3. The van der Waals surface area contributed by atoms with Crippen molar-refractivity contribution in [3.63, 3.8) is 0 Å². The minimum atomic E-state index is 0.0237. The standard InChI is InChI=1S/C17H20N4O2/c1-10-5-6-14-13(9-10)11(2)16(18-14)17-19-15(20-23-17)7-8-21(4)12(3)22/h5-6,9,18H,7-8H2,1-4H3. The summed E-state index contributed by atoms with van der Waals surface area (Å²) in [5.74, 6) is 1.11. The van der Waals surface area contributed by atoms with Crippen LogP contribution in [0.3, 0.4) is 0 Å². The smallest absolute Gasteiger partial charge is 0.274 e. The van der Waals surface area contributed by atoms with Gasteiger partial charge in [0.05, 0.1) is 0 Å². The number of H-pyrrole nitrogens is 1. The molecular formula is C17H20N4O2. The maximum Gasteiger partial charge on any atom is 0.274 e. The number of aryl methyl sites for hydroxylation is 2. The van der Waals surface area contributed by atoms with Crippen molar-refractivity contribution in [1.29, 1.82) is 0 Å². The third kappa shape index (κ3) is 2.97. The van der Waals surface area contributed by atoms with Crippen molar-refractivity contribution in [3.8, 4) is 11.6 Å². The summed E-state index contributed by atoms with van der Waals surface area (Å²) in [7, 11) is 1.76. The van der Waals surface area contributed by atoms with Crippen LogP contribution in [0.1, 0.15) is 23.9 Å². The van der Waals surface area contributed by atoms with Gasteiger partial charge in [-0.2, -0.15) is 4.98 Å². The second-order valence-corrected chi connectivity index (χ2v) is 5.88. The first-order valence-corrected chi connectivity index (χ1v) is 7.59. The van der Waals surface area contributed by atoms with Gasteiger partial charge in [0, 0.05) is 37.8 Å². The Balaban J connectivity index is 1.86. The van der Waals surface area contributed by atoms with Crippen molar-refractivity contribution >= 4 is 16.8 Å². The zero-order valence-corrected chi connectivity index (χ0v) is 13.8. The van der Waals surface area contributed by atoms with E-state index in [-0.39, 0.29) is 5.91 Å². The van der Waals surface area contributed by atoms with Crippen LogP contribution in [0.15, 0.2) is 22.7 Å². The van der Waals surface area contributed by atoms with E-state index >= 15 is 0 Å². The number of benzene rings is 1. The quantitative estimate of drug-likeness (QED) is 0.804. The SMILES string of the molecule is CC(=O)N(C)CCc1noc(-c2[nH]c3ccc(C)cc3c2C)n1. The molecule has 0 spiro atoms. The lowest BCUT2D eigenvalue weighted by Crippen LogP contribution is -2.26. The van der Waals surface area contributed by atoms with Crippen molar-refractivity contribution in [3.05, 3.63) is 35.2 Å². The van der Waals surface area contributed by atoms with Crippen LogP contribution in [0, 0.1) is 13.8 Å². The molecule has 1 amide bonds. The largest absolute Gasteiger partial charge is 0.350 e. The Morgan fingerprint density at radius 3 is 2.87 bits per heavy atom. The average Bonchev–Trinajstić information content (AvgIpc) is 3.10. The topological polar surface area (TPSA) is 75.0 Å². The number of carbonyl (C=O) groups is 1. The third-order valence-corrected chi connectivity index (χ3v) is 4.10. The average molecular weight is 312 g/mol. The fourth-order valence-corrected chi connectivity index (χ4v) is 2.54. The number of nitrogens with one attached hydrogen (secondary N) is 1. The Labute approximate surface area is 134 Å². The van der Waals surface area contributed by atoms with Crippen molar-refractivity contribution in [2.24, 2.45) is 0 Å². The first-order valence-electron chi connectivity index (χ1n) is 7.59. The summed E-state index contributed by atoms with van der Waals surface area (Å²) in [4.78, 5) is 20.6. The number of hydrogen-bond donors (Lipinski definition) is 1. The monoisotopic (exact) mass is 312 g/mol. The summed E-state index contributed by atoms with van der Waals surface area (Å²) >= 11 is 0. The highest BCUT2D eigenvalue weighted by atomic mass is 16.5. The molecule has 1 aromatic carbocycles. The Hall–Kier alpha value is -2.63. The van der Waals surface area contributed by atoms with Crippen molar-refractivity contribution in [1.82, 2.24) is 20.0 Å². The highest BCUT2D eigenvalue weighted by Crippen LogP contribution is 2.29. The fraction of sp³-hybridized carbons (Fsp3) is 0.353. The van der Waals surface area contributed by atoms with Gasteiger partial charge in [0.25, 0.3) is 5.89 Å². The summed E-state index contributed by atoms with van der Waals surface area (Å²) in [5.41, 5.74) is 4.22. The lowest BCUT2D eigenvalue weighted by Gasteiger charge is -2.12. The van der Waals surface area contributed by atoms with E-state index < -0.39 is 0 Å². The van der Waals surface area contributed by atoms with Crippen LogP contribution < -0.4 is 0 Å². The molecule has 2 heterocycles. The molecule has 0 saturated carbocycles. The number of amides is 1. The van der Waals surface area contributed by atoms with Crippen LogP contribution >= 0.6 is 0 Å². The zero-order valence-electron chi connectivity index (χ0n) is 13.8. The van der Waals surface area contributed by atoms with Crippen molar-refractivity contribution < 1.29 is 9.32 Å². The molecule has 2 aromatic heterocycles. The van der Waals surface area contributed by atoms with Gasteiger partial charge in [-0.3, -0.25) is 4.79 Å². The molecule has 3 aromatic rings. The molecule has 0 aliphatic rings. The van der Waals surface area contributed by atoms with Gasteiger partial charge in [0.15, 0.2) is 5.82 Å². The van der Waals surface area contributed by atoms with E-state index in [1.165, 1.54) is 12.5 Å². The first kappa shape index (κ1) is 15.3. The third-order valence-electron chi connectivity index (χ3n) is 4.10. The van der Waals surface area contributed by atoms with Crippen molar-refractivity contribution in [2.75, 3.05) is 13.6 Å². The van der Waals surface area contributed by atoms with E-state index in [9.17, 15) is 4.79 Å². The second kappa shape index (κ2) is 5.87. The molecule has 6 nitrogen and oxygen atoms in total. The molecule has 0 aliphatic carbocycles. The van der Waals surface area contributed by atoms with Gasteiger partial charge in [-0.15, -0.1) is 0 Å². The summed E-state index contributed by atoms with van der Waals surface area (Å²) in [6.45, 7) is 6.22. The maximum absolute atomic E-state index is 11.2. The molecule has 0 aliphatic heterocycles. The highest BCUT2D eigenvalue weighted by molar-refractivity contribution is 5.89. The minimum Gasteiger partial charge on any atom is -0.350 e. The molecule has 120 valence electrons. The number of nitrogens with zero attached hydrogens (tertiary/aromatic N) is 3. The summed E-state index contributed by atoms with van der Waals surface area (Å²) in [6.07, 6.45) is 0.567. The zero-order chi connectivity index (χ0) is 16.6. The molecule has 6 heteroatoms. The van der Waals surface area contributed by atoms with Gasteiger partial charge in [-0.25, -0.2) is 0 Å². The molecule has 0 bridgehead atoms. The number of hydrogen-bond acceptors (Lipinski definition) is 4. The van der Waals surface area contributed by atoms with E-state index in [2.05, 4.69) is 40.2 Å².